The molecule has 0 aliphatic rings. The van der Waals surface area contributed by atoms with Crippen molar-refractivity contribution in [2.24, 2.45) is 0 Å². The van der Waals surface area contributed by atoms with Gasteiger partial charge in [-0.15, -0.1) is 0 Å². The van der Waals surface area contributed by atoms with Crippen LogP contribution in [0.1, 0.15) is 51.1 Å². The Morgan fingerprint density at radius 3 is 2.74 bits per heavy atom. The minimum atomic E-state index is 0.334. The Labute approximate surface area is 122 Å². The van der Waals surface area contributed by atoms with E-state index in [9.17, 15) is 0 Å². The van der Waals surface area contributed by atoms with Gasteiger partial charge in [0.1, 0.15) is 0 Å². The molecule has 0 saturated heterocycles. The standard InChI is InChI=1S/C16H26ClNO/c1-3-5-11-19-12-9-16(18-10-4-2)14-7-6-8-15(17)13-14/h6-8,13,16,18H,3-5,9-12H2,1-2H3. The molecular formula is C16H26ClNO. The van der Waals surface area contributed by atoms with Gasteiger partial charge < -0.3 is 10.1 Å². The number of halogens is 1. The molecule has 1 N–H and O–H groups in total. The molecule has 0 saturated carbocycles. The maximum absolute atomic E-state index is 6.07. The lowest BCUT2D eigenvalue weighted by atomic mass is 10.0. The third-order valence-electron chi connectivity index (χ3n) is 3.08. The van der Waals surface area contributed by atoms with Gasteiger partial charge in [-0.05, 0) is 43.5 Å². The first-order valence-corrected chi connectivity index (χ1v) is 7.72. The van der Waals surface area contributed by atoms with Crippen molar-refractivity contribution in [3.05, 3.63) is 34.9 Å². The number of unbranched alkanes of at least 4 members (excludes halogenated alkanes) is 1. The molecule has 1 atom stereocenters. The minimum Gasteiger partial charge on any atom is -0.381 e. The third kappa shape index (κ3) is 6.95. The van der Waals surface area contributed by atoms with Gasteiger partial charge in [-0.25, -0.2) is 0 Å². The van der Waals surface area contributed by atoms with Crippen molar-refractivity contribution in [2.75, 3.05) is 19.8 Å². The Morgan fingerprint density at radius 2 is 2.05 bits per heavy atom. The molecule has 1 unspecified atom stereocenters. The molecular weight excluding hydrogens is 258 g/mol. The molecule has 3 heteroatoms. The molecule has 0 radical (unpaired) electrons. The van der Waals surface area contributed by atoms with E-state index in [0.29, 0.717) is 6.04 Å². The second-order valence-corrected chi connectivity index (χ2v) is 5.25. The smallest absolute Gasteiger partial charge is 0.0484 e. The molecule has 19 heavy (non-hydrogen) atoms. The highest BCUT2D eigenvalue weighted by Crippen LogP contribution is 2.20. The average molecular weight is 284 g/mol. The summed E-state index contributed by atoms with van der Waals surface area (Å²) in [6.45, 7) is 7.05. The van der Waals surface area contributed by atoms with Crippen molar-refractivity contribution in [1.29, 1.82) is 0 Å². The van der Waals surface area contributed by atoms with Crippen molar-refractivity contribution in [1.82, 2.24) is 5.32 Å². The van der Waals surface area contributed by atoms with Crippen LogP contribution < -0.4 is 5.32 Å². The Balaban J connectivity index is 2.47. The number of ether oxygens (including phenoxy) is 1. The fourth-order valence-electron chi connectivity index (χ4n) is 1.98. The maximum atomic E-state index is 6.07. The molecule has 0 aromatic heterocycles. The predicted molar refractivity (Wildman–Crippen MR) is 82.8 cm³/mol. The molecule has 0 aliphatic carbocycles. The van der Waals surface area contributed by atoms with Crippen LogP contribution in [-0.2, 0) is 4.74 Å². The first-order chi connectivity index (χ1) is 9.27. The first-order valence-electron chi connectivity index (χ1n) is 7.34. The summed E-state index contributed by atoms with van der Waals surface area (Å²) in [6.07, 6.45) is 4.45. The van der Waals surface area contributed by atoms with Crippen molar-refractivity contribution >= 4 is 11.6 Å². The Bertz CT molecular complexity index is 343. The van der Waals surface area contributed by atoms with Crippen molar-refractivity contribution in [2.45, 2.75) is 45.6 Å². The molecule has 1 rings (SSSR count). The third-order valence-corrected chi connectivity index (χ3v) is 3.32. The zero-order valence-corrected chi connectivity index (χ0v) is 12.9. The summed E-state index contributed by atoms with van der Waals surface area (Å²) in [5.74, 6) is 0. The van der Waals surface area contributed by atoms with E-state index in [4.69, 9.17) is 16.3 Å². The van der Waals surface area contributed by atoms with E-state index in [0.717, 1.165) is 44.0 Å². The monoisotopic (exact) mass is 283 g/mol. The zero-order valence-electron chi connectivity index (χ0n) is 12.1. The lowest BCUT2D eigenvalue weighted by molar-refractivity contribution is 0.121. The van der Waals surface area contributed by atoms with Crippen LogP contribution >= 0.6 is 11.6 Å². The molecule has 1 aromatic carbocycles. The van der Waals surface area contributed by atoms with Crippen LogP contribution in [0, 0.1) is 0 Å². The number of hydrogen-bond acceptors (Lipinski definition) is 2. The zero-order chi connectivity index (χ0) is 13.9. The highest BCUT2D eigenvalue weighted by Gasteiger charge is 2.10. The quantitative estimate of drug-likeness (QED) is 0.634. The lowest BCUT2D eigenvalue weighted by Gasteiger charge is -2.19. The Morgan fingerprint density at radius 1 is 1.21 bits per heavy atom. The summed E-state index contributed by atoms with van der Waals surface area (Å²) in [7, 11) is 0. The topological polar surface area (TPSA) is 21.3 Å². The number of rotatable bonds is 10. The molecule has 0 bridgehead atoms. The number of benzene rings is 1. The largest absolute Gasteiger partial charge is 0.381 e. The molecule has 108 valence electrons. The van der Waals surface area contributed by atoms with E-state index in [1.807, 2.05) is 18.2 Å². The minimum absolute atomic E-state index is 0.334. The van der Waals surface area contributed by atoms with Crippen molar-refractivity contribution in [3.63, 3.8) is 0 Å². The molecule has 2 nitrogen and oxygen atoms in total. The average Bonchev–Trinajstić information content (AvgIpc) is 2.42. The number of hydrogen-bond donors (Lipinski definition) is 1. The van der Waals surface area contributed by atoms with Crippen molar-refractivity contribution < 1.29 is 4.74 Å². The summed E-state index contributed by atoms with van der Waals surface area (Å²) in [5, 5.41) is 4.36. The van der Waals surface area contributed by atoms with E-state index in [2.05, 4.69) is 25.2 Å². The van der Waals surface area contributed by atoms with Gasteiger partial charge in [-0.2, -0.15) is 0 Å². The van der Waals surface area contributed by atoms with E-state index in [1.165, 1.54) is 12.0 Å². The molecule has 0 amide bonds. The summed E-state index contributed by atoms with van der Waals surface area (Å²) < 4.78 is 5.66. The van der Waals surface area contributed by atoms with Gasteiger partial charge in [0.2, 0.25) is 0 Å². The second-order valence-electron chi connectivity index (χ2n) is 4.82. The van der Waals surface area contributed by atoms with Crippen LogP contribution in [0.5, 0.6) is 0 Å². The SMILES string of the molecule is CCCCOCCC(NCCC)c1cccc(Cl)c1. The lowest BCUT2D eigenvalue weighted by Crippen LogP contribution is -2.23. The molecule has 0 spiro atoms. The molecule has 0 aliphatic heterocycles. The normalized spacial score (nSPS) is 12.6. The second kappa shape index (κ2) is 10.2. The number of nitrogens with one attached hydrogen (secondary N) is 1. The van der Waals surface area contributed by atoms with E-state index in [-0.39, 0.29) is 0 Å². The van der Waals surface area contributed by atoms with Gasteiger partial charge in [0.25, 0.3) is 0 Å². The summed E-state index contributed by atoms with van der Waals surface area (Å²) in [5.41, 5.74) is 1.25. The summed E-state index contributed by atoms with van der Waals surface area (Å²) in [4.78, 5) is 0. The molecule has 1 aromatic rings. The van der Waals surface area contributed by atoms with E-state index in [1.54, 1.807) is 0 Å². The van der Waals surface area contributed by atoms with Gasteiger partial charge in [0, 0.05) is 24.3 Å². The summed E-state index contributed by atoms with van der Waals surface area (Å²) in [6, 6.07) is 8.43. The van der Waals surface area contributed by atoms with Gasteiger partial charge in [-0.1, -0.05) is 44.0 Å². The highest BCUT2D eigenvalue weighted by atomic mass is 35.5. The van der Waals surface area contributed by atoms with E-state index >= 15 is 0 Å². The predicted octanol–water partition coefficient (Wildman–Crippen LogP) is 4.59. The van der Waals surface area contributed by atoms with Gasteiger partial charge in [0.05, 0.1) is 0 Å². The fourth-order valence-corrected chi connectivity index (χ4v) is 2.18. The highest BCUT2D eigenvalue weighted by molar-refractivity contribution is 6.30. The van der Waals surface area contributed by atoms with Crippen molar-refractivity contribution in [3.8, 4) is 0 Å². The molecule has 0 fully saturated rings. The van der Waals surface area contributed by atoms with Crippen LogP contribution in [0.4, 0.5) is 0 Å². The van der Waals surface area contributed by atoms with E-state index < -0.39 is 0 Å². The molecule has 0 heterocycles. The van der Waals surface area contributed by atoms with Crippen LogP contribution in [0.25, 0.3) is 0 Å². The maximum Gasteiger partial charge on any atom is 0.0484 e. The van der Waals surface area contributed by atoms with Crippen LogP contribution in [0.15, 0.2) is 24.3 Å². The first kappa shape index (κ1) is 16.5. The fraction of sp³-hybridized carbons (Fsp3) is 0.625. The van der Waals surface area contributed by atoms with Crippen LogP contribution in [-0.4, -0.2) is 19.8 Å². The van der Waals surface area contributed by atoms with Gasteiger partial charge >= 0.3 is 0 Å². The van der Waals surface area contributed by atoms with Gasteiger partial charge in [-0.3, -0.25) is 0 Å². The van der Waals surface area contributed by atoms with Crippen LogP contribution in [0.2, 0.25) is 5.02 Å². The summed E-state index contributed by atoms with van der Waals surface area (Å²) >= 11 is 6.07. The van der Waals surface area contributed by atoms with Crippen LogP contribution in [0.3, 0.4) is 0 Å². The Hall–Kier alpha value is -0.570. The van der Waals surface area contributed by atoms with Gasteiger partial charge in [0.15, 0.2) is 0 Å². The Kier molecular flexibility index (Phi) is 8.89.